The third kappa shape index (κ3) is 3.12. The van der Waals surface area contributed by atoms with Crippen molar-refractivity contribution in [2.75, 3.05) is 7.05 Å². The van der Waals surface area contributed by atoms with Gasteiger partial charge in [0.2, 0.25) is 5.91 Å². The second-order valence-corrected chi connectivity index (χ2v) is 8.85. The first-order valence-corrected chi connectivity index (χ1v) is 10.6. The first-order valence-electron chi connectivity index (χ1n) is 9.82. The lowest BCUT2D eigenvalue weighted by atomic mass is 9.82. The van der Waals surface area contributed by atoms with E-state index < -0.39 is 0 Å². The van der Waals surface area contributed by atoms with Gasteiger partial charge in [0.05, 0.1) is 6.42 Å². The third-order valence-electron chi connectivity index (χ3n) is 5.92. The summed E-state index contributed by atoms with van der Waals surface area (Å²) in [5.74, 6) is 2.09. The molecule has 2 aromatic heterocycles. The Balaban J connectivity index is 1.92. The molecule has 1 fully saturated rings. The Morgan fingerprint density at radius 3 is 2.63 bits per heavy atom. The number of nitrogens with one attached hydrogen (secondary N) is 1. The first-order chi connectivity index (χ1) is 13.0. The van der Waals surface area contributed by atoms with Gasteiger partial charge in [-0.15, -0.1) is 21.5 Å². The van der Waals surface area contributed by atoms with E-state index in [4.69, 9.17) is 4.99 Å². The Morgan fingerprint density at radius 1 is 1.19 bits per heavy atom. The molecule has 1 N–H and O–H groups in total. The Labute approximate surface area is 164 Å². The fourth-order valence-electron chi connectivity index (χ4n) is 4.30. The van der Waals surface area contributed by atoms with Crippen LogP contribution in [0.3, 0.4) is 0 Å². The van der Waals surface area contributed by atoms with Crippen molar-refractivity contribution in [1.29, 1.82) is 0 Å². The van der Waals surface area contributed by atoms with Crippen LogP contribution in [-0.2, 0) is 4.79 Å². The minimum Gasteiger partial charge on any atom is -0.359 e. The van der Waals surface area contributed by atoms with Crippen molar-refractivity contribution < 1.29 is 4.79 Å². The molecule has 1 aliphatic heterocycles. The molecule has 0 spiro atoms. The highest BCUT2D eigenvalue weighted by Crippen LogP contribution is 2.41. The van der Waals surface area contributed by atoms with E-state index in [9.17, 15) is 4.79 Å². The number of amides is 1. The van der Waals surface area contributed by atoms with Gasteiger partial charge in [-0.2, -0.15) is 0 Å². The van der Waals surface area contributed by atoms with E-state index in [1.54, 1.807) is 18.4 Å². The number of aryl methyl sites for hydroxylation is 2. The lowest BCUT2D eigenvalue weighted by molar-refractivity contribution is -0.121. The summed E-state index contributed by atoms with van der Waals surface area (Å²) >= 11 is 1.79. The van der Waals surface area contributed by atoms with Crippen LogP contribution in [0.4, 0.5) is 0 Å². The van der Waals surface area contributed by atoms with Gasteiger partial charge in [-0.1, -0.05) is 19.3 Å². The summed E-state index contributed by atoms with van der Waals surface area (Å²) in [7, 11) is 1.67. The predicted octanol–water partition coefficient (Wildman–Crippen LogP) is 3.81. The maximum absolute atomic E-state index is 12.2. The molecule has 0 saturated heterocycles. The van der Waals surface area contributed by atoms with Gasteiger partial charge in [-0.05, 0) is 39.2 Å². The minimum atomic E-state index is -0.289. The monoisotopic (exact) mass is 385 g/mol. The molecule has 0 aromatic carbocycles. The average Bonchev–Trinajstić information content (AvgIpc) is 3.15. The van der Waals surface area contributed by atoms with Gasteiger partial charge in [-0.25, -0.2) is 0 Å². The summed E-state index contributed by atoms with van der Waals surface area (Å²) in [6.45, 7) is 6.35. The fraction of sp³-hybridized carbons (Fsp3) is 0.600. The van der Waals surface area contributed by atoms with Gasteiger partial charge in [0.25, 0.3) is 0 Å². The molecule has 0 radical (unpaired) electrons. The molecular weight excluding hydrogens is 358 g/mol. The number of carbonyl (C=O) groups is 1. The predicted molar refractivity (Wildman–Crippen MR) is 108 cm³/mol. The van der Waals surface area contributed by atoms with Gasteiger partial charge >= 0.3 is 0 Å². The van der Waals surface area contributed by atoms with E-state index in [1.165, 1.54) is 58.8 Å². The van der Waals surface area contributed by atoms with Crippen molar-refractivity contribution in [1.82, 2.24) is 20.1 Å². The quantitative estimate of drug-likeness (QED) is 0.873. The molecule has 2 aliphatic rings. The van der Waals surface area contributed by atoms with E-state index in [0.717, 1.165) is 11.6 Å². The molecule has 7 heteroatoms. The number of aliphatic imine (C=N–C) groups is 1. The highest BCUT2D eigenvalue weighted by Gasteiger charge is 2.34. The zero-order valence-corrected chi connectivity index (χ0v) is 17.3. The summed E-state index contributed by atoms with van der Waals surface area (Å²) in [4.78, 5) is 18.7. The van der Waals surface area contributed by atoms with Crippen LogP contribution in [0.2, 0.25) is 0 Å². The molecular formula is C20H27N5OS. The number of nitrogens with zero attached hydrogens (tertiary/aromatic N) is 4. The van der Waals surface area contributed by atoms with E-state index in [-0.39, 0.29) is 11.9 Å². The average molecular weight is 386 g/mol. The van der Waals surface area contributed by atoms with Gasteiger partial charge in [0.15, 0.2) is 5.82 Å². The van der Waals surface area contributed by atoms with E-state index >= 15 is 0 Å². The second-order valence-electron chi connectivity index (χ2n) is 7.65. The maximum atomic E-state index is 12.2. The largest absolute Gasteiger partial charge is 0.359 e. The number of thiophene rings is 1. The smallest absolute Gasteiger partial charge is 0.222 e. The third-order valence-corrected chi connectivity index (χ3v) is 7.11. The van der Waals surface area contributed by atoms with Gasteiger partial charge in [0.1, 0.15) is 16.9 Å². The fourth-order valence-corrected chi connectivity index (χ4v) is 5.53. The molecule has 1 aliphatic carbocycles. The van der Waals surface area contributed by atoms with Crippen LogP contribution in [0.25, 0.3) is 5.00 Å². The van der Waals surface area contributed by atoms with Crippen LogP contribution in [0, 0.1) is 26.7 Å². The molecule has 2 aromatic rings. The Hall–Kier alpha value is -2.02. The number of hydrogen-bond donors (Lipinski definition) is 1. The topological polar surface area (TPSA) is 72.2 Å². The maximum Gasteiger partial charge on any atom is 0.222 e. The van der Waals surface area contributed by atoms with Gasteiger partial charge in [-0.3, -0.25) is 14.4 Å². The minimum absolute atomic E-state index is 0.0166. The van der Waals surface area contributed by atoms with E-state index in [0.29, 0.717) is 12.3 Å². The van der Waals surface area contributed by atoms with Crippen LogP contribution in [0.15, 0.2) is 4.99 Å². The number of hydrogen-bond acceptors (Lipinski definition) is 5. The molecule has 1 amide bonds. The number of fused-ring (bicyclic) bond motifs is 3. The molecule has 0 bridgehead atoms. The highest BCUT2D eigenvalue weighted by molar-refractivity contribution is 7.15. The Morgan fingerprint density at radius 2 is 1.93 bits per heavy atom. The molecule has 1 atom stereocenters. The summed E-state index contributed by atoms with van der Waals surface area (Å²) in [6, 6.07) is -0.289. The number of carbonyl (C=O) groups excluding carboxylic acids is 1. The van der Waals surface area contributed by atoms with Crippen molar-refractivity contribution in [3.8, 4) is 5.00 Å². The van der Waals surface area contributed by atoms with Crippen LogP contribution >= 0.6 is 11.3 Å². The van der Waals surface area contributed by atoms with Crippen LogP contribution in [0.1, 0.15) is 72.2 Å². The summed E-state index contributed by atoms with van der Waals surface area (Å²) in [6.07, 6.45) is 6.49. The van der Waals surface area contributed by atoms with Crippen LogP contribution in [0.5, 0.6) is 0 Å². The second kappa shape index (κ2) is 7.19. The molecule has 6 nitrogen and oxygen atoms in total. The normalized spacial score (nSPS) is 19.9. The zero-order valence-electron chi connectivity index (χ0n) is 16.5. The Bertz CT molecular complexity index is 904. The first kappa shape index (κ1) is 18.3. The van der Waals surface area contributed by atoms with Crippen molar-refractivity contribution in [3.63, 3.8) is 0 Å². The van der Waals surface area contributed by atoms with Gasteiger partial charge < -0.3 is 5.32 Å². The summed E-state index contributed by atoms with van der Waals surface area (Å²) < 4.78 is 2.13. The van der Waals surface area contributed by atoms with Crippen molar-refractivity contribution in [2.24, 2.45) is 10.9 Å². The Kier molecular flexibility index (Phi) is 4.88. The van der Waals surface area contributed by atoms with Gasteiger partial charge in [0, 0.05) is 29.1 Å². The van der Waals surface area contributed by atoms with E-state index in [2.05, 4.69) is 33.9 Å². The molecule has 144 valence electrons. The molecule has 27 heavy (non-hydrogen) atoms. The van der Waals surface area contributed by atoms with E-state index in [1.807, 2.05) is 6.92 Å². The van der Waals surface area contributed by atoms with Crippen LogP contribution < -0.4 is 5.32 Å². The summed E-state index contributed by atoms with van der Waals surface area (Å²) in [5, 5.41) is 12.7. The van der Waals surface area contributed by atoms with Crippen molar-refractivity contribution in [3.05, 3.63) is 27.7 Å². The van der Waals surface area contributed by atoms with Crippen LogP contribution in [-0.4, -0.2) is 33.4 Å². The van der Waals surface area contributed by atoms with Crippen molar-refractivity contribution >= 4 is 23.0 Å². The standard InChI is InChI=1S/C20H27N5OS/c1-11-12(2)27-20-17(11)18(14-8-6-5-7-9-14)22-15(10-16(26)21-4)19-24-23-13(3)25(19)20/h14-15H,5-10H2,1-4H3,(H,21,26). The lowest BCUT2D eigenvalue weighted by Gasteiger charge is -2.24. The zero-order chi connectivity index (χ0) is 19.1. The molecule has 4 rings (SSSR count). The SMILES string of the molecule is CNC(=O)CC1N=C(C2CCCCC2)c2c(sc(C)c2C)-n2c(C)nnc21. The van der Waals surface area contributed by atoms with Crippen molar-refractivity contribution in [2.45, 2.75) is 65.3 Å². The molecule has 3 heterocycles. The molecule has 1 unspecified atom stereocenters. The lowest BCUT2D eigenvalue weighted by Crippen LogP contribution is -2.23. The number of rotatable bonds is 3. The number of aromatic nitrogens is 3. The highest BCUT2D eigenvalue weighted by atomic mass is 32.1. The summed E-state index contributed by atoms with van der Waals surface area (Å²) in [5.41, 5.74) is 3.75. The molecule has 1 saturated carbocycles.